The number of benzene rings is 1. The summed E-state index contributed by atoms with van der Waals surface area (Å²) in [5.41, 5.74) is -1.49. The van der Waals surface area contributed by atoms with Gasteiger partial charge in [-0.15, -0.1) is 0 Å². The second kappa shape index (κ2) is 9.02. The summed E-state index contributed by atoms with van der Waals surface area (Å²) in [5, 5.41) is 5.96. The van der Waals surface area contributed by atoms with E-state index in [0.29, 0.717) is 11.1 Å². The van der Waals surface area contributed by atoms with Crippen LogP contribution in [0.2, 0.25) is 0 Å². The SMILES string of the molecule is COC(=O)c1ccc(COC2CN(c3cc(-c4c[nH]c(=O)[nH]c4=O)n[nH]c3=O)CC2(F)F)cc1. The smallest absolute Gasteiger partial charge is 0.337 e. The number of aromatic nitrogens is 4. The molecule has 0 aliphatic carbocycles. The normalized spacial score (nSPS) is 17.0. The van der Waals surface area contributed by atoms with Gasteiger partial charge >= 0.3 is 11.7 Å². The zero-order valence-corrected chi connectivity index (χ0v) is 17.8. The third-order valence-electron chi connectivity index (χ3n) is 5.31. The molecule has 0 amide bonds. The van der Waals surface area contributed by atoms with E-state index in [0.717, 1.165) is 11.1 Å². The summed E-state index contributed by atoms with van der Waals surface area (Å²) in [5.74, 6) is -3.78. The molecule has 1 unspecified atom stereocenters. The van der Waals surface area contributed by atoms with Crippen LogP contribution in [-0.4, -0.2) is 58.4 Å². The number of anilines is 1. The van der Waals surface area contributed by atoms with E-state index in [1.54, 1.807) is 12.1 Å². The number of methoxy groups -OCH3 is 1. The number of carbonyl (C=O) groups is 1. The fourth-order valence-corrected chi connectivity index (χ4v) is 3.53. The molecule has 1 aromatic carbocycles. The van der Waals surface area contributed by atoms with Crippen LogP contribution in [-0.2, 0) is 16.1 Å². The van der Waals surface area contributed by atoms with Gasteiger partial charge < -0.3 is 19.4 Å². The molecule has 2 aromatic heterocycles. The number of hydrogen-bond donors (Lipinski definition) is 3. The molecule has 3 heterocycles. The lowest BCUT2D eigenvalue weighted by atomic mass is 10.1. The summed E-state index contributed by atoms with van der Waals surface area (Å²) in [6.45, 7) is -1.21. The van der Waals surface area contributed by atoms with Crippen LogP contribution in [0, 0.1) is 0 Å². The Bertz CT molecular complexity index is 1380. The Morgan fingerprint density at radius 3 is 2.62 bits per heavy atom. The predicted octanol–water partition coefficient (Wildman–Crippen LogP) is 0.641. The van der Waals surface area contributed by atoms with Crippen LogP contribution < -0.4 is 21.7 Å². The third-order valence-corrected chi connectivity index (χ3v) is 5.31. The first-order valence-corrected chi connectivity index (χ1v) is 10.0. The first-order chi connectivity index (χ1) is 16.2. The number of esters is 1. The maximum absolute atomic E-state index is 14.7. The molecule has 1 fully saturated rings. The maximum atomic E-state index is 14.7. The van der Waals surface area contributed by atoms with Crippen molar-refractivity contribution < 1.29 is 23.0 Å². The molecule has 1 aliphatic rings. The van der Waals surface area contributed by atoms with Gasteiger partial charge in [0.15, 0.2) is 0 Å². The molecule has 0 spiro atoms. The van der Waals surface area contributed by atoms with E-state index in [2.05, 4.69) is 19.9 Å². The molecule has 13 heteroatoms. The molecule has 3 aromatic rings. The van der Waals surface area contributed by atoms with Crippen molar-refractivity contribution >= 4 is 11.7 Å². The van der Waals surface area contributed by atoms with Crippen LogP contribution in [0.15, 0.2) is 50.9 Å². The highest BCUT2D eigenvalue weighted by molar-refractivity contribution is 5.89. The standard InChI is InChI=1S/C21H19F2N5O6/c1-33-19(31)12-4-2-11(3-5-12)9-34-16-8-28(10-21(16,22)23)15-6-14(26-27-18(15)30)13-7-24-20(32)25-17(13)29/h2-7,16H,8-10H2,1H3,(H,27,30)(H2,24,25,29,32). The molecule has 1 saturated heterocycles. The lowest BCUT2D eigenvalue weighted by Crippen LogP contribution is -2.34. The number of hydrogen-bond acceptors (Lipinski definition) is 8. The molecule has 0 saturated carbocycles. The van der Waals surface area contributed by atoms with Gasteiger partial charge in [0.05, 0.1) is 43.6 Å². The van der Waals surface area contributed by atoms with Crippen molar-refractivity contribution in [1.82, 2.24) is 20.2 Å². The first-order valence-electron chi connectivity index (χ1n) is 10.0. The largest absolute Gasteiger partial charge is 0.465 e. The third kappa shape index (κ3) is 4.64. The molecule has 0 bridgehead atoms. The number of alkyl halides is 2. The number of H-pyrrole nitrogens is 3. The zero-order valence-electron chi connectivity index (χ0n) is 17.8. The van der Waals surface area contributed by atoms with Crippen LogP contribution in [0.1, 0.15) is 15.9 Å². The summed E-state index contributed by atoms with van der Waals surface area (Å²) >= 11 is 0. The average molecular weight is 475 g/mol. The predicted molar refractivity (Wildman–Crippen MR) is 115 cm³/mol. The molecule has 1 aliphatic heterocycles. The Morgan fingerprint density at radius 1 is 1.21 bits per heavy atom. The van der Waals surface area contributed by atoms with Gasteiger partial charge in [0.1, 0.15) is 11.8 Å². The average Bonchev–Trinajstić information content (AvgIpc) is 3.12. The van der Waals surface area contributed by atoms with Gasteiger partial charge in [-0.3, -0.25) is 14.6 Å². The van der Waals surface area contributed by atoms with Gasteiger partial charge in [-0.1, -0.05) is 12.1 Å². The number of ether oxygens (including phenoxy) is 2. The van der Waals surface area contributed by atoms with Crippen molar-refractivity contribution in [3.63, 3.8) is 0 Å². The fraction of sp³-hybridized carbons (Fsp3) is 0.286. The molecule has 3 N–H and O–H groups in total. The van der Waals surface area contributed by atoms with Crippen LogP contribution in [0.3, 0.4) is 0 Å². The van der Waals surface area contributed by atoms with Crippen LogP contribution >= 0.6 is 0 Å². The van der Waals surface area contributed by atoms with Gasteiger partial charge in [0, 0.05) is 6.20 Å². The first kappa shape index (κ1) is 23.0. The highest BCUT2D eigenvalue weighted by Gasteiger charge is 2.49. The van der Waals surface area contributed by atoms with Gasteiger partial charge in [0.2, 0.25) is 0 Å². The Kier molecular flexibility index (Phi) is 6.11. The highest BCUT2D eigenvalue weighted by atomic mass is 19.3. The summed E-state index contributed by atoms with van der Waals surface area (Å²) in [7, 11) is 1.25. The minimum absolute atomic E-state index is 0.00881. The fourth-order valence-electron chi connectivity index (χ4n) is 3.53. The topological polar surface area (TPSA) is 150 Å². The molecule has 34 heavy (non-hydrogen) atoms. The van der Waals surface area contributed by atoms with Crippen LogP contribution in [0.25, 0.3) is 11.3 Å². The lowest BCUT2D eigenvalue weighted by Gasteiger charge is -2.18. The van der Waals surface area contributed by atoms with E-state index >= 15 is 0 Å². The number of rotatable bonds is 6. The van der Waals surface area contributed by atoms with Crippen LogP contribution in [0.4, 0.5) is 14.5 Å². The van der Waals surface area contributed by atoms with Gasteiger partial charge in [-0.25, -0.2) is 23.5 Å². The molecule has 11 nitrogen and oxygen atoms in total. The van der Waals surface area contributed by atoms with Gasteiger partial charge in [-0.05, 0) is 23.8 Å². The van der Waals surface area contributed by atoms with E-state index in [-0.39, 0.29) is 30.1 Å². The second-order valence-corrected chi connectivity index (χ2v) is 7.58. The van der Waals surface area contributed by atoms with Crippen molar-refractivity contribution in [2.75, 3.05) is 25.1 Å². The van der Waals surface area contributed by atoms with Gasteiger partial charge in [-0.2, -0.15) is 5.10 Å². The highest BCUT2D eigenvalue weighted by Crippen LogP contribution is 2.33. The summed E-state index contributed by atoms with van der Waals surface area (Å²) in [6.07, 6.45) is -0.401. The molecule has 1 atom stereocenters. The zero-order chi connectivity index (χ0) is 24.5. The molecule has 178 valence electrons. The molecular weight excluding hydrogens is 456 g/mol. The Morgan fingerprint density at radius 2 is 1.94 bits per heavy atom. The molecule has 4 rings (SSSR count). The van der Waals surface area contributed by atoms with E-state index in [1.807, 2.05) is 4.98 Å². The maximum Gasteiger partial charge on any atom is 0.337 e. The molecular formula is C21H19F2N5O6. The number of halogens is 2. The van der Waals surface area contributed by atoms with Crippen molar-refractivity contribution in [2.45, 2.75) is 18.6 Å². The quantitative estimate of drug-likeness (QED) is 0.440. The summed E-state index contributed by atoms with van der Waals surface area (Å²) in [6, 6.07) is 7.34. The van der Waals surface area contributed by atoms with E-state index < -0.39 is 41.3 Å². The summed E-state index contributed by atoms with van der Waals surface area (Å²) in [4.78, 5) is 52.5. The lowest BCUT2D eigenvalue weighted by molar-refractivity contribution is -0.110. The Balaban J connectivity index is 1.51. The van der Waals surface area contributed by atoms with E-state index in [4.69, 9.17) is 4.74 Å². The van der Waals surface area contributed by atoms with Crippen molar-refractivity contribution in [3.05, 3.63) is 78.8 Å². The Labute approximate surface area is 189 Å². The Hall–Kier alpha value is -4.13. The van der Waals surface area contributed by atoms with Crippen molar-refractivity contribution in [3.8, 4) is 11.3 Å². The number of nitrogens with zero attached hydrogens (tertiary/aromatic N) is 2. The molecule has 0 radical (unpaired) electrons. The minimum Gasteiger partial charge on any atom is -0.465 e. The number of carbonyl (C=O) groups excluding carboxylic acids is 1. The van der Waals surface area contributed by atoms with Crippen molar-refractivity contribution in [2.24, 2.45) is 0 Å². The second-order valence-electron chi connectivity index (χ2n) is 7.58. The van der Waals surface area contributed by atoms with Crippen LogP contribution in [0.5, 0.6) is 0 Å². The number of aromatic amines is 3. The minimum atomic E-state index is -3.27. The van der Waals surface area contributed by atoms with Gasteiger partial charge in [0.25, 0.3) is 17.0 Å². The number of nitrogens with one attached hydrogen (secondary N) is 3. The van der Waals surface area contributed by atoms with Crippen molar-refractivity contribution in [1.29, 1.82) is 0 Å². The monoisotopic (exact) mass is 475 g/mol. The van der Waals surface area contributed by atoms with E-state index in [9.17, 15) is 28.0 Å². The summed E-state index contributed by atoms with van der Waals surface area (Å²) < 4.78 is 39.4. The van der Waals surface area contributed by atoms with E-state index in [1.165, 1.54) is 25.3 Å².